The van der Waals surface area contributed by atoms with Gasteiger partial charge in [-0.15, -0.1) is 24.0 Å². The zero-order chi connectivity index (χ0) is 12.2. The number of halogens is 1. The van der Waals surface area contributed by atoms with Gasteiger partial charge in [-0.3, -0.25) is 4.99 Å². The Morgan fingerprint density at radius 3 is 2.00 bits per heavy atom. The fourth-order valence-electron chi connectivity index (χ4n) is 1.72. The van der Waals surface area contributed by atoms with Crippen LogP contribution in [0.5, 0.6) is 0 Å². The Hall–Kier alpha value is 0. The number of hydrogen-bond acceptors (Lipinski definition) is 1. The molecular formula is C13H30IN3. The number of hydrogen-bond donors (Lipinski definition) is 1. The van der Waals surface area contributed by atoms with E-state index >= 15 is 0 Å². The van der Waals surface area contributed by atoms with E-state index in [1.54, 1.807) is 0 Å². The third-order valence-electron chi connectivity index (χ3n) is 2.70. The first-order valence-corrected chi connectivity index (χ1v) is 6.60. The molecule has 0 rings (SSSR count). The Labute approximate surface area is 124 Å². The van der Waals surface area contributed by atoms with Gasteiger partial charge in [-0.2, -0.15) is 0 Å². The maximum absolute atomic E-state index is 4.18. The summed E-state index contributed by atoms with van der Waals surface area (Å²) in [5.74, 6) is 0.978. The molecule has 0 bridgehead atoms. The van der Waals surface area contributed by atoms with Gasteiger partial charge >= 0.3 is 0 Å². The lowest BCUT2D eigenvalue weighted by Gasteiger charge is -2.16. The Kier molecular flexibility index (Phi) is 16.0. The highest BCUT2D eigenvalue weighted by molar-refractivity contribution is 14.0. The molecule has 0 saturated heterocycles. The molecule has 0 aliphatic rings. The van der Waals surface area contributed by atoms with Gasteiger partial charge in [0.25, 0.3) is 0 Å². The molecule has 0 radical (unpaired) electrons. The van der Waals surface area contributed by atoms with Crippen molar-refractivity contribution in [3.8, 4) is 0 Å². The molecular weight excluding hydrogens is 325 g/mol. The van der Waals surface area contributed by atoms with Crippen molar-refractivity contribution in [2.24, 2.45) is 4.99 Å². The van der Waals surface area contributed by atoms with E-state index in [1.807, 2.05) is 26.0 Å². The lowest BCUT2D eigenvalue weighted by Crippen LogP contribution is -2.36. The van der Waals surface area contributed by atoms with Crippen molar-refractivity contribution < 1.29 is 0 Å². The van der Waals surface area contributed by atoms with Gasteiger partial charge in [-0.05, 0) is 6.42 Å². The smallest absolute Gasteiger partial charge is 0.193 e. The first-order valence-electron chi connectivity index (χ1n) is 6.60. The van der Waals surface area contributed by atoms with E-state index in [0.29, 0.717) is 0 Å². The zero-order valence-corrected chi connectivity index (χ0v) is 14.3. The Balaban J connectivity index is 0. The van der Waals surface area contributed by atoms with Gasteiger partial charge in [-0.1, -0.05) is 45.4 Å². The van der Waals surface area contributed by atoms with E-state index < -0.39 is 0 Å². The molecule has 0 atom stereocenters. The zero-order valence-electron chi connectivity index (χ0n) is 12.0. The molecule has 0 aliphatic heterocycles. The average Bonchev–Trinajstić information content (AvgIpc) is 2.26. The Bertz CT molecular complexity index is 182. The van der Waals surface area contributed by atoms with E-state index in [0.717, 1.165) is 12.5 Å². The monoisotopic (exact) mass is 355 g/mol. The maximum atomic E-state index is 4.18. The van der Waals surface area contributed by atoms with Crippen molar-refractivity contribution in [3.05, 3.63) is 0 Å². The van der Waals surface area contributed by atoms with Crippen molar-refractivity contribution >= 4 is 29.9 Å². The largest absolute Gasteiger partial charge is 0.356 e. The molecule has 1 N–H and O–H groups in total. The summed E-state index contributed by atoms with van der Waals surface area (Å²) in [7, 11) is 5.85. The van der Waals surface area contributed by atoms with Gasteiger partial charge in [0, 0.05) is 27.7 Å². The molecule has 0 aromatic heterocycles. The van der Waals surface area contributed by atoms with E-state index in [9.17, 15) is 0 Å². The molecule has 104 valence electrons. The van der Waals surface area contributed by atoms with E-state index in [-0.39, 0.29) is 24.0 Å². The van der Waals surface area contributed by atoms with Crippen LogP contribution >= 0.6 is 24.0 Å². The number of unbranched alkanes of at least 4 members (excludes halogenated alkanes) is 6. The average molecular weight is 355 g/mol. The Morgan fingerprint density at radius 2 is 1.53 bits per heavy atom. The van der Waals surface area contributed by atoms with Gasteiger partial charge in [0.2, 0.25) is 0 Å². The predicted octanol–water partition coefficient (Wildman–Crippen LogP) is 3.49. The molecule has 0 fully saturated rings. The molecule has 17 heavy (non-hydrogen) atoms. The maximum Gasteiger partial charge on any atom is 0.193 e. The molecule has 0 unspecified atom stereocenters. The molecule has 0 aromatic rings. The van der Waals surface area contributed by atoms with Gasteiger partial charge in [-0.25, -0.2) is 0 Å². The summed E-state index contributed by atoms with van der Waals surface area (Å²) in [6.45, 7) is 3.30. The highest BCUT2D eigenvalue weighted by atomic mass is 127. The minimum atomic E-state index is 0. The summed E-state index contributed by atoms with van der Waals surface area (Å²) in [6.07, 6.45) is 9.49. The number of guanidine groups is 1. The molecule has 0 heterocycles. The third kappa shape index (κ3) is 12.2. The lowest BCUT2D eigenvalue weighted by atomic mass is 10.1. The molecule has 0 amide bonds. The lowest BCUT2D eigenvalue weighted by molar-refractivity contribution is 0.557. The van der Waals surface area contributed by atoms with Gasteiger partial charge in [0.1, 0.15) is 0 Å². The summed E-state index contributed by atoms with van der Waals surface area (Å²) in [6, 6.07) is 0. The Morgan fingerprint density at radius 1 is 1.00 bits per heavy atom. The fraction of sp³-hybridized carbons (Fsp3) is 0.923. The molecule has 4 heteroatoms. The molecule has 0 spiro atoms. The molecule has 0 saturated carbocycles. The first kappa shape index (κ1) is 19.3. The third-order valence-corrected chi connectivity index (χ3v) is 2.70. The van der Waals surface area contributed by atoms with Gasteiger partial charge < -0.3 is 10.2 Å². The SMILES string of the molecule is CCCCCCCCCNC(=NC)N(C)C.I. The second kappa shape index (κ2) is 14.1. The minimum absolute atomic E-state index is 0. The predicted molar refractivity (Wildman–Crippen MR) is 88.5 cm³/mol. The standard InChI is InChI=1S/C13H29N3.HI/c1-5-6-7-8-9-10-11-12-15-13(14-2)16(3)4;/h5-12H2,1-4H3,(H,14,15);1H. The second-order valence-electron chi connectivity index (χ2n) is 4.49. The highest BCUT2D eigenvalue weighted by Crippen LogP contribution is 2.06. The first-order chi connectivity index (χ1) is 7.72. The minimum Gasteiger partial charge on any atom is -0.356 e. The van der Waals surface area contributed by atoms with Gasteiger partial charge in [0.05, 0.1) is 0 Å². The van der Waals surface area contributed by atoms with E-state index in [2.05, 4.69) is 17.2 Å². The van der Waals surface area contributed by atoms with Crippen LogP contribution in [0.2, 0.25) is 0 Å². The summed E-state index contributed by atoms with van der Waals surface area (Å²) in [5.41, 5.74) is 0. The van der Waals surface area contributed by atoms with Crippen LogP contribution in [0.25, 0.3) is 0 Å². The molecule has 3 nitrogen and oxygen atoms in total. The van der Waals surface area contributed by atoms with Crippen LogP contribution in [-0.2, 0) is 0 Å². The van der Waals surface area contributed by atoms with Crippen LogP contribution in [0, 0.1) is 0 Å². The summed E-state index contributed by atoms with van der Waals surface area (Å²) in [4.78, 5) is 6.19. The van der Waals surface area contributed by atoms with Crippen LogP contribution in [0.1, 0.15) is 51.9 Å². The van der Waals surface area contributed by atoms with Crippen LogP contribution in [0.4, 0.5) is 0 Å². The summed E-state index contributed by atoms with van der Waals surface area (Å²) < 4.78 is 0. The fourth-order valence-corrected chi connectivity index (χ4v) is 1.72. The van der Waals surface area contributed by atoms with Crippen molar-refractivity contribution in [1.82, 2.24) is 10.2 Å². The van der Waals surface area contributed by atoms with Crippen molar-refractivity contribution in [2.75, 3.05) is 27.7 Å². The number of rotatable bonds is 8. The van der Waals surface area contributed by atoms with E-state index in [4.69, 9.17) is 0 Å². The van der Waals surface area contributed by atoms with Crippen LogP contribution in [0.15, 0.2) is 4.99 Å². The topological polar surface area (TPSA) is 27.6 Å². The summed E-state index contributed by atoms with van der Waals surface area (Å²) in [5, 5.41) is 3.35. The second-order valence-corrected chi connectivity index (χ2v) is 4.49. The highest BCUT2D eigenvalue weighted by Gasteiger charge is 1.98. The molecule has 0 aliphatic carbocycles. The number of nitrogens with one attached hydrogen (secondary N) is 1. The number of aliphatic imine (C=N–C) groups is 1. The number of nitrogens with zero attached hydrogens (tertiary/aromatic N) is 2. The van der Waals surface area contributed by atoms with Gasteiger partial charge in [0.15, 0.2) is 5.96 Å². The van der Waals surface area contributed by atoms with E-state index in [1.165, 1.54) is 44.9 Å². The summed E-state index contributed by atoms with van der Waals surface area (Å²) >= 11 is 0. The van der Waals surface area contributed by atoms with Crippen molar-refractivity contribution in [2.45, 2.75) is 51.9 Å². The molecule has 0 aromatic carbocycles. The van der Waals surface area contributed by atoms with Crippen LogP contribution < -0.4 is 5.32 Å². The quantitative estimate of drug-likeness (QED) is 0.312. The van der Waals surface area contributed by atoms with Crippen molar-refractivity contribution in [3.63, 3.8) is 0 Å². The van der Waals surface area contributed by atoms with Crippen molar-refractivity contribution in [1.29, 1.82) is 0 Å². The van der Waals surface area contributed by atoms with Crippen LogP contribution in [-0.4, -0.2) is 38.5 Å². The van der Waals surface area contributed by atoms with Crippen LogP contribution in [0.3, 0.4) is 0 Å². The normalized spacial score (nSPS) is 10.9.